The highest BCUT2D eigenvalue weighted by Crippen LogP contribution is 2.25. The van der Waals surface area contributed by atoms with Crippen LogP contribution in [-0.2, 0) is 4.79 Å². The third kappa shape index (κ3) is 4.64. The minimum atomic E-state index is -0.949. The van der Waals surface area contributed by atoms with Gasteiger partial charge >= 0.3 is 5.97 Å². The zero-order chi connectivity index (χ0) is 19.2. The maximum Gasteiger partial charge on any atom is 0.339 e. The second-order valence-electron chi connectivity index (χ2n) is 6.86. The number of aromatic carboxylic acids is 1. The highest BCUT2D eigenvalue weighted by atomic mass is 16.4. The molecule has 0 saturated carbocycles. The van der Waals surface area contributed by atoms with Gasteiger partial charge in [0.05, 0.1) is 17.9 Å². The lowest BCUT2D eigenvalue weighted by Crippen LogP contribution is -2.39. The summed E-state index contributed by atoms with van der Waals surface area (Å²) in [5, 5.41) is 13.4. The number of nitrogens with zero attached hydrogens (tertiary/aromatic N) is 3. The van der Waals surface area contributed by atoms with Crippen LogP contribution < -0.4 is 0 Å². The second-order valence-corrected chi connectivity index (χ2v) is 6.86. The van der Waals surface area contributed by atoms with Crippen LogP contribution in [0.15, 0.2) is 42.6 Å². The number of rotatable bonds is 6. The Morgan fingerprint density at radius 3 is 2.56 bits per heavy atom. The molecule has 6 nitrogen and oxygen atoms in total. The first-order chi connectivity index (χ1) is 13.1. The van der Waals surface area contributed by atoms with E-state index < -0.39 is 5.97 Å². The first-order valence-corrected chi connectivity index (χ1v) is 9.33. The fourth-order valence-corrected chi connectivity index (χ4v) is 3.51. The Morgan fingerprint density at radius 1 is 1.22 bits per heavy atom. The average molecular weight is 367 g/mol. The average Bonchev–Trinajstić information content (AvgIpc) is 3.07. The minimum absolute atomic E-state index is 0.153. The molecule has 1 aliphatic heterocycles. The van der Waals surface area contributed by atoms with Gasteiger partial charge in [-0.2, -0.15) is 5.10 Å². The van der Waals surface area contributed by atoms with Gasteiger partial charge in [-0.3, -0.25) is 9.48 Å². The largest absolute Gasteiger partial charge is 0.478 e. The standard InChI is InChI=1S/C21H25N3O3/c1-16-19(21(26)27)15-22-24(16)18-11-13-23(14-12-18)20(25)10-6-5-9-17-7-3-2-4-8-17/h2-5,7-9,15,18H,6,10-14H2,1H3,(H,26,27)/b9-5+. The second kappa shape index (κ2) is 8.66. The zero-order valence-electron chi connectivity index (χ0n) is 15.5. The molecule has 1 saturated heterocycles. The molecule has 1 N–H and O–H groups in total. The third-order valence-corrected chi connectivity index (χ3v) is 5.07. The molecule has 0 atom stereocenters. The number of amides is 1. The molecule has 6 heteroatoms. The summed E-state index contributed by atoms with van der Waals surface area (Å²) in [6.45, 7) is 3.16. The van der Waals surface area contributed by atoms with Gasteiger partial charge in [0.1, 0.15) is 5.56 Å². The first kappa shape index (κ1) is 18.9. The molecule has 1 amide bonds. The Kier molecular flexibility index (Phi) is 6.06. The van der Waals surface area contributed by atoms with Gasteiger partial charge in [0.15, 0.2) is 0 Å². The van der Waals surface area contributed by atoms with Crippen LogP contribution in [0.4, 0.5) is 0 Å². The van der Waals surface area contributed by atoms with Crippen LogP contribution in [0.5, 0.6) is 0 Å². The van der Waals surface area contributed by atoms with E-state index in [1.54, 1.807) is 11.6 Å². The monoisotopic (exact) mass is 367 g/mol. The molecule has 27 heavy (non-hydrogen) atoms. The fourth-order valence-electron chi connectivity index (χ4n) is 3.51. The Labute approximate surface area is 159 Å². The number of carboxylic acids is 1. The van der Waals surface area contributed by atoms with Crippen molar-refractivity contribution in [3.63, 3.8) is 0 Å². The molecule has 0 bridgehead atoms. The molecular weight excluding hydrogens is 342 g/mol. The SMILES string of the molecule is Cc1c(C(=O)O)cnn1C1CCN(C(=O)CC/C=C/c2ccccc2)CC1. The van der Waals surface area contributed by atoms with Crippen molar-refractivity contribution in [1.29, 1.82) is 0 Å². The number of hydrogen-bond donors (Lipinski definition) is 1. The number of allylic oxidation sites excluding steroid dienone is 1. The van der Waals surface area contributed by atoms with Crippen LogP contribution in [0.3, 0.4) is 0 Å². The topological polar surface area (TPSA) is 75.4 Å². The molecule has 142 valence electrons. The molecule has 1 aromatic heterocycles. The number of benzene rings is 1. The number of carboxylic acid groups (broad SMARTS) is 1. The lowest BCUT2D eigenvalue weighted by molar-refractivity contribution is -0.132. The van der Waals surface area contributed by atoms with Gasteiger partial charge in [-0.1, -0.05) is 42.5 Å². The Morgan fingerprint density at radius 2 is 1.93 bits per heavy atom. The molecule has 1 aromatic carbocycles. The van der Waals surface area contributed by atoms with E-state index in [1.165, 1.54) is 6.20 Å². The van der Waals surface area contributed by atoms with E-state index in [2.05, 4.69) is 5.10 Å². The molecule has 0 spiro atoms. The Balaban J connectivity index is 1.47. The molecule has 2 aromatic rings. The third-order valence-electron chi connectivity index (χ3n) is 5.07. The van der Waals surface area contributed by atoms with Gasteiger partial charge < -0.3 is 10.0 Å². The van der Waals surface area contributed by atoms with Gasteiger partial charge in [-0.25, -0.2) is 4.79 Å². The summed E-state index contributed by atoms with van der Waals surface area (Å²) in [6, 6.07) is 10.2. The highest BCUT2D eigenvalue weighted by molar-refractivity contribution is 5.88. The van der Waals surface area contributed by atoms with Gasteiger partial charge in [-0.15, -0.1) is 0 Å². The zero-order valence-corrected chi connectivity index (χ0v) is 15.5. The molecule has 1 fully saturated rings. The summed E-state index contributed by atoms with van der Waals surface area (Å²) in [5.41, 5.74) is 2.07. The van der Waals surface area contributed by atoms with Crippen LogP contribution >= 0.6 is 0 Å². The van der Waals surface area contributed by atoms with Crippen molar-refractivity contribution in [3.05, 3.63) is 59.4 Å². The molecule has 0 unspecified atom stereocenters. The molecular formula is C21H25N3O3. The lowest BCUT2D eigenvalue weighted by Gasteiger charge is -2.32. The van der Waals surface area contributed by atoms with Crippen LogP contribution in [0.2, 0.25) is 0 Å². The van der Waals surface area contributed by atoms with E-state index in [1.807, 2.05) is 47.4 Å². The van der Waals surface area contributed by atoms with Crippen molar-refractivity contribution in [2.45, 2.75) is 38.6 Å². The molecule has 3 rings (SSSR count). The van der Waals surface area contributed by atoms with Crippen LogP contribution in [0.25, 0.3) is 6.08 Å². The fraction of sp³-hybridized carbons (Fsp3) is 0.381. The van der Waals surface area contributed by atoms with Gasteiger partial charge in [0.2, 0.25) is 5.91 Å². The number of likely N-dealkylation sites (tertiary alicyclic amines) is 1. The van der Waals surface area contributed by atoms with E-state index in [0.717, 1.165) is 24.8 Å². The van der Waals surface area contributed by atoms with E-state index >= 15 is 0 Å². The van der Waals surface area contributed by atoms with Gasteiger partial charge in [-0.05, 0) is 31.7 Å². The summed E-state index contributed by atoms with van der Waals surface area (Å²) in [4.78, 5) is 25.5. The minimum Gasteiger partial charge on any atom is -0.478 e. The summed E-state index contributed by atoms with van der Waals surface area (Å²) in [7, 11) is 0. The normalized spacial score (nSPS) is 15.4. The van der Waals surface area contributed by atoms with E-state index in [-0.39, 0.29) is 17.5 Å². The quantitative estimate of drug-likeness (QED) is 0.847. The number of hydrogen-bond acceptors (Lipinski definition) is 3. The Bertz CT molecular complexity index is 818. The van der Waals surface area contributed by atoms with Gasteiger partial charge in [0.25, 0.3) is 0 Å². The summed E-state index contributed by atoms with van der Waals surface area (Å²) >= 11 is 0. The van der Waals surface area contributed by atoms with Crippen molar-refractivity contribution in [3.8, 4) is 0 Å². The van der Waals surface area contributed by atoms with Crippen LogP contribution in [0.1, 0.15) is 53.3 Å². The number of carbonyl (C=O) groups is 2. The van der Waals surface area contributed by atoms with Gasteiger partial charge in [0, 0.05) is 19.5 Å². The lowest BCUT2D eigenvalue weighted by atomic mass is 10.0. The van der Waals surface area contributed by atoms with E-state index in [9.17, 15) is 9.59 Å². The molecule has 2 heterocycles. The highest BCUT2D eigenvalue weighted by Gasteiger charge is 2.26. The van der Waals surface area contributed by atoms with Crippen molar-refractivity contribution in [2.75, 3.05) is 13.1 Å². The number of piperidine rings is 1. The van der Waals surface area contributed by atoms with Crippen molar-refractivity contribution in [1.82, 2.24) is 14.7 Å². The molecule has 0 radical (unpaired) electrons. The number of carbonyl (C=O) groups excluding carboxylic acids is 1. The maximum absolute atomic E-state index is 12.4. The Hall–Kier alpha value is -2.89. The molecule has 1 aliphatic rings. The molecule has 0 aliphatic carbocycles. The first-order valence-electron chi connectivity index (χ1n) is 9.33. The number of aromatic nitrogens is 2. The van der Waals surface area contributed by atoms with Crippen molar-refractivity contribution >= 4 is 18.0 Å². The summed E-state index contributed by atoms with van der Waals surface area (Å²) < 4.78 is 1.80. The summed E-state index contributed by atoms with van der Waals surface area (Å²) in [5.74, 6) is -0.774. The van der Waals surface area contributed by atoms with Crippen molar-refractivity contribution in [2.24, 2.45) is 0 Å². The maximum atomic E-state index is 12.4. The predicted molar refractivity (Wildman–Crippen MR) is 103 cm³/mol. The van der Waals surface area contributed by atoms with E-state index in [0.29, 0.717) is 25.2 Å². The van der Waals surface area contributed by atoms with Crippen molar-refractivity contribution < 1.29 is 14.7 Å². The van der Waals surface area contributed by atoms with Crippen LogP contribution in [0, 0.1) is 6.92 Å². The van der Waals surface area contributed by atoms with Crippen LogP contribution in [-0.4, -0.2) is 44.8 Å². The predicted octanol–water partition coefficient (Wildman–Crippen LogP) is 3.55. The van der Waals surface area contributed by atoms with E-state index in [4.69, 9.17) is 5.11 Å². The smallest absolute Gasteiger partial charge is 0.339 e. The summed E-state index contributed by atoms with van der Waals surface area (Å²) in [6.07, 6.45) is 8.33.